The van der Waals surface area contributed by atoms with E-state index >= 15 is 0 Å². The zero-order valence-electron chi connectivity index (χ0n) is 16.0. The lowest BCUT2D eigenvalue weighted by molar-refractivity contribution is -0.136. The lowest BCUT2D eigenvalue weighted by Gasteiger charge is -2.29. The molecule has 0 bridgehead atoms. The number of methoxy groups -OCH3 is 1. The van der Waals surface area contributed by atoms with Gasteiger partial charge in [-0.25, -0.2) is 9.48 Å². The molecule has 1 atom stereocenters. The molecule has 0 amide bonds. The van der Waals surface area contributed by atoms with Crippen molar-refractivity contribution in [3.63, 3.8) is 0 Å². The van der Waals surface area contributed by atoms with Gasteiger partial charge in [0, 0.05) is 23.0 Å². The van der Waals surface area contributed by atoms with Gasteiger partial charge in [0.05, 0.1) is 30.1 Å². The predicted molar refractivity (Wildman–Crippen MR) is 115 cm³/mol. The largest absolute Gasteiger partial charge is 0.466 e. The molecule has 6 nitrogen and oxygen atoms in total. The first-order valence-corrected chi connectivity index (χ1v) is 9.56. The SMILES string of the molecule is COC(=O)C1=C(C)NC(=S)N[C@H]1c1cn(-c2ccccc2)nc1-c1ccccc1. The van der Waals surface area contributed by atoms with Gasteiger partial charge in [-0.1, -0.05) is 48.5 Å². The van der Waals surface area contributed by atoms with Gasteiger partial charge in [0.1, 0.15) is 0 Å². The van der Waals surface area contributed by atoms with Gasteiger partial charge in [0.15, 0.2) is 5.11 Å². The second-order valence-corrected chi connectivity index (χ2v) is 7.05. The Morgan fingerprint density at radius 1 is 1.10 bits per heavy atom. The van der Waals surface area contributed by atoms with E-state index in [0.29, 0.717) is 16.4 Å². The second kappa shape index (κ2) is 7.89. The zero-order chi connectivity index (χ0) is 20.4. The molecule has 0 radical (unpaired) electrons. The fourth-order valence-corrected chi connectivity index (χ4v) is 3.71. The number of para-hydroxylation sites is 1. The average Bonchev–Trinajstić information content (AvgIpc) is 3.19. The minimum Gasteiger partial charge on any atom is -0.466 e. The summed E-state index contributed by atoms with van der Waals surface area (Å²) in [5.41, 5.74) is 4.62. The molecular formula is C22H20N4O2S. The molecule has 1 aliphatic rings. The number of hydrogen-bond donors (Lipinski definition) is 2. The highest BCUT2D eigenvalue weighted by molar-refractivity contribution is 7.80. The predicted octanol–water partition coefficient (Wildman–Crippen LogP) is 3.51. The van der Waals surface area contributed by atoms with Crippen molar-refractivity contribution in [2.45, 2.75) is 13.0 Å². The maximum Gasteiger partial charge on any atom is 0.337 e. The van der Waals surface area contributed by atoms with Crippen LogP contribution in [0.4, 0.5) is 0 Å². The van der Waals surface area contributed by atoms with Crippen molar-refractivity contribution in [1.29, 1.82) is 0 Å². The number of thiocarbonyl (C=S) groups is 1. The summed E-state index contributed by atoms with van der Waals surface area (Å²) in [6, 6.07) is 19.2. The van der Waals surface area contributed by atoms with Crippen molar-refractivity contribution in [3.05, 3.63) is 83.7 Å². The Bertz CT molecular complexity index is 1090. The molecular weight excluding hydrogens is 384 g/mol. The fourth-order valence-electron chi connectivity index (χ4n) is 3.44. The highest BCUT2D eigenvalue weighted by atomic mass is 32.1. The number of carbonyl (C=O) groups excluding carboxylic acids is 1. The first kappa shape index (κ1) is 18.9. The average molecular weight is 404 g/mol. The van der Waals surface area contributed by atoms with Crippen molar-refractivity contribution < 1.29 is 9.53 Å². The van der Waals surface area contributed by atoms with Crippen LogP contribution in [0.2, 0.25) is 0 Å². The van der Waals surface area contributed by atoms with E-state index in [1.807, 2.05) is 78.5 Å². The molecule has 0 saturated heterocycles. The molecule has 0 saturated carbocycles. The smallest absolute Gasteiger partial charge is 0.337 e. The Balaban J connectivity index is 1.92. The Hall–Kier alpha value is -3.45. The molecule has 0 unspecified atom stereocenters. The number of carbonyl (C=O) groups is 1. The molecule has 2 aromatic carbocycles. The van der Waals surface area contributed by atoms with Gasteiger partial charge in [0.25, 0.3) is 0 Å². The lowest BCUT2D eigenvalue weighted by atomic mass is 9.94. The van der Waals surface area contributed by atoms with Gasteiger partial charge in [-0.05, 0) is 31.3 Å². The Morgan fingerprint density at radius 2 is 1.76 bits per heavy atom. The van der Waals surface area contributed by atoms with E-state index in [4.69, 9.17) is 22.1 Å². The number of rotatable bonds is 4. The van der Waals surface area contributed by atoms with Crippen molar-refractivity contribution >= 4 is 23.3 Å². The monoisotopic (exact) mass is 404 g/mol. The third-order valence-electron chi connectivity index (χ3n) is 4.80. The standard InChI is InChI=1S/C22H20N4O2S/c1-14-18(21(27)28-2)20(24-22(29)23-14)17-13-26(16-11-7-4-8-12-16)25-19(17)15-9-5-3-6-10-15/h3-13,20H,1-2H3,(H2,23,24,29)/t20-/m0/s1. The van der Waals surface area contributed by atoms with E-state index in [1.165, 1.54) is 7.11 Å². The number of esters is 1. The number of ether oxygens (including phenoxy) is 1. The minimum atomic E-state index is -0.483. The van der Waals surface area contributed by atoms with Gasteiger partial charge in [-0.15, -0.1) is 0 Å². The molecule has 1 aliphatic heterocycles. The molecule has 2 N–H and O–H groups in total. The normalized spacial score (nSPS) is 16.2. The molecule has 0 aliphatic carbocycles. The maximum atomic E-state index is 12.6. The van der Waals surface area contributed by atoms with Gasteiger partial charge in [0.2, 0.25) is 0 Å². The quantitative estimate of drug-likeness (QED) is 0.512. The van der Waals surface area contributed by atoms with Gasteiger partial charge >= 0.3 is 5.97 Å². The van der Waals surface area contributed by atoms with Crippen LogP contribution < -0.4 is 10.6 Å². The van der Waals surface area contributed by atoms with Gasteiger partial charge < -0.3 is 15.4 Å². The number of allylic oxidation sites excluding steroid dienone is 1. The van der Waals surface area contributed by atoms with Gasteiger partial charge in [-0.2, -0.15) is 5.10 Å². The Labute approximate surface area is 174 Å². The number of nitrogens with one attached hydrogen (secondary N) is 2. The van der Waals surface area contributed by atoms with E-state index in [9.17, 15) is 4.79 Å². The van der Waals surface area contributed by atoms with E-state index in [0.717, 1.165) is 22.5 Å². The summed E-state index contributed by atoms with van der Waals surface area (Å²) in [5, 5.41) is 11.5. The third kappa shape index (κ3) is 3.64. The first-order valence-electron chi connectivity index (χ1n) is 9.15. The third-order valence-corrected chi connectivity index (χ3v) is 5.02. The Morgan fingerprint density at radius 3 is 2.41 bits per heavy atom. The van der Waals surface area contributed by atoms with Crippen molar-refractivity contribution in [3.8, 4) is 16.9 Å². The number of nitrogens with zero attached hydrogens (tertiary/aromatic N) is 2. The maximum absolute atomic E-state index is 12.6. The molecule has 2 heterocycles. The van der Waals surface area contributed by atoms with Crippen LogP contribution in [-0.4, -0.2) is 28.0 Å². The van der Waals surface area contributed by atoms with Crippen LogP contribution in [0.3, 0.4) is 0 Å². The number of benzene rings is 2. The van der Waals surface area contributed by atoms with Gasteiger partial charge in [-0.3, -0.25) is 0 Å². The minimum absolute atomic E-state index is 0.415. The van der Waals surface area contributed by atoms with Crippen LogP contribution in [0, 0.1) is 0 Å². The van der Waals surface area contributed by atoms with Crippen molar-refractivity contribution in [2.75, 3.05) is 7.11 Å². The summed E-state index contributed by atoms with van der Waals surface area (Å²) >= 11 is 5.36. The topological polar surface area (TPSA) is 68.2 Å². The lowest BCUT2D eigenvalue weighted by Crippen LogP contribution is -2.45. The first-order chi connectivity index (χ1) is 14.1. The molecule has 0 spiro atoms. The molecule has 1 aromatic heterocycles. The van der Waals surface area contributed by atoms with E-state index in [1.54, 1.807) is 0 Å². The molecule has 7 heteroatoms. The van der Waals surface area contributed by atoms with Crippen LogP contribution in [0.15, 0.2) is 78.1 Å². The fraction of sp³-hybridized carbons (Fsp3) is 0.136. The van der Waals surface area contributed by atoms with E-state index in [-0.39, 0.29) is 0 Å². The summed E-state index contributed by atoms with van der Waals surface area (Å²) < 4.78 is 6.85. The van der Waals surface area contributed by atoms with Crippen molar-refractivity contribution in [1.82, 2.24) is 20.4 Å². The molecule has 4 rings (SSSR count). The number of hydrogen-bond acceptors (Lipinski definition) is 4. The van der Waals surface area contributed by atoms with Crippen LogP contribution in [-0.2, 0) is 9.53 Å². The molecule has 29 heavy (non-hydrogen) atoms. The van der Waals surface area contributed by atoms with E-state index in [2.05, 4.69) is 10.6 Å². The summed E-state index contributed by atoms with van der Waals surface area (Å²) in [6.45, 7) is 1.82. The van der Waals surface area contributed by atoms with Crippen LogP contribution in [0.5, 0.6) is 0 Å². The highest BCUT2D eigenvalue weighted by Gasteiger charge is 2.33. The van der Waals surface area contributed by atoms with Crippen molar-refractivity contribution in [2.24, 2.45) is 0 Å². The number of aromatic nitrogens is 2. The summed E-state index contributed by atoms with van der Waals surface area (Å²) in [6.07, 6.45) is 1.93. The van der Waals surface area contributed by atoms with Crippen LogP contribution in [0.25, 0.3) is 16.9 Å². The summed E-state index contributed by atoms with van der Waals surface area (Å²) in [5.74, 6) is -0.415. The summed E-state index contributed by atoms with van der Waals surface area (Å²) in [4.78, 5) is 12.6. The van der Waals surface area contributed by atoms with E-state index < -0.39 is 12.0 Å². The summed E-state index contributed by atoms with van der Waals surface area (Å²) in [7, 11) is 1.37. The molecule has 3 aromatic rings. The molecule has 0 fully saturated rings. The second-order valence-electron chi connectivity index (χ2n) is 6.64. The highest BCUT2D eigenvalue weighted by Crippen LogP contribution is 2.34. The molecule has 146 valence electrons. The zero-order valence-corrected chi connectivity index (χ0v) is 16.9. The Kier molecular flexibility index (Phi) is 5.14. The van der Waals surface area contributed by atoms with Crippen LogP contribution >= 0.6 is 12.2 Å². The van der Waals surface area contributed by atoms with Crippen LogP contribution in [0.1, 0.15) is 18.5 Å².